The van der Waals surface area contributed by atoms with E-state index < -0.39 is 44.5 Å². The molecule has 0 unspecified atom stereocenters. The number of hydrogen-bond acceptors (Lipinski definition) is 9. The number of aromatic nitrogens is 4. The molecule has 0 bridgehead atoms. The number of phosphoric acid groups is 1. The number of nitrogens with one attached hydrogen (secondary N) is 1. The summed E-state index contributed by atoms with van der Waals surface area (Å²) in [5.74, 6) is -0.191. The van der Waals surface area contributed by atoms with Crippen molar-refractivity contribution < 1.29 is 33.8 Å². The standard InChI is InChI=1S/C10H14N5O8P.2Na/c11-10-13-7-4(8(18)14-10)12-2-15(7)9-5(17)6(3(1-16)22-9)23-24(19,20)21;;/h2-3,5-6,9,16-17H,1H2,(H2,19,20,21)(H3,11,13,14,18);;/t3-,5-,6-,9-;;/m1../s1. The maximum absolute atomic E-state index is 11.8. The molecule has 2 aromatic rings. The largest absolute Gasteiger partial charge is 0.470 e. The van der Waals surface area contributed by atoms with Crippen LogP contribution in [0.4, 0.5) is 5.95 Å². The van der Waals surface area contributed by atoms with Crippen molar-refractivity contribution in [1.29, 1.82) is 0 Å². The molecule has 134 valence electrons. The first kappa shape index (κ1) is 24.2. The molecule has 0 spiro atoms. The van der Waals surface area contributed by atoms with Crippen molar-refractivity contribution in [2.75, 3.05) is 12.3 Å². The molecule has 1 saturated heterocycles. The molecule has 1 aliphatic rings. The number of aliphatic hydroxyl groups excluding tert-OH is 2. The Hall–Kier alpha value is 0.140. The van der Waals surface area contributed by atoms with E-state index in [0.717, 1.165) is 10.9 Å². The molecule has 4 atom stereocenters. The van der Waals surface area contributed by atoms with Crippen LogP contribution in [0.1, 0.15) is 6.23 Å². The van der Waals surface area contributed by atoms with E-state index in [1.165, 1.54) is 0 Å². The average Bonchev–Trinajstić information content (AvgIpc) is 3.00. The first-order valence-corrected chi connectivity index (χ1v) is 8.15. The fourth-order valence-electron chi connectivity index (χ4n) is 2.51. The van der Waals surface area contributed by atoms with Gasteiger partial charge in [0.1, 0.15) is 18.3 Å². The summed E-state index contributed by atoms with van der Waals surface area (Å²) in [6.07, 6.45) is -4.40. The summed E-state index contributed by atoms with van der Waals surface area (Å²) in [6, 6.07) is 0. The molecule has 13 nitrogen and oxygen atoms in total. The van der Waals surface area contributed by atoms with Crippen LogP contribution in [0, 0.1) is 0 Å². The van der Waals surface area contributed by atoms with E-state index in [9.17, 15) is 19.6 Å². The third kappa shape index (κ3) is 4.75. The molecule has 7 N–H and O–H groups in total. The van der Waals surface area contributed by atoms with E-state index in [-0.39, 0.29) is 76.2 Å². The van der Waals surface area contributed by atoms with Gasteiger partial charge >= 0.3 is 7.82 Å². The van der Waals surface area contributed by atoms with Gasteiger partial charge in [0.2, 0.25) is 5.95 Å². The van der Waals surface area contributed by atoms with Crippen molar-refractivity contribution >= 4 is 84.0 Å². The third-order valence-electron chi connectivity index (χ3n) is 3.47. The molecule has 3 heterocycles. The van der Waals surface area contributed by atoms with Gasteiger partial charge in [-0.05, 0) is 0 Å². The van der Waals surface area contributed by atoms with Crippen molar-refractivity contribution in [3.63, 3.8) is 0 Å². The van der Waals surface area contributed by atoms with E-state index in [1.807, 2.05) is 0 Å². The van der Waals surface area contributed by atoms with Crippen molar-refractivity contribution in [2.45, 2.75) is 24.5 Å². The molecule has 2 aromatic heterocycles. The van der Waals surface area contributed by atoms with Crippen LogP contribution < -0.4 is 11.3 Å². The zero-order valence-electron chi connectivity index (χ0n) is 13.9. The maximum atomic E-state index is 11.8. The summed E-state index contributed by atoms with van der Waals surface area (Å²) >= 11 is 0. The van der Waals surface area contributed by atoms with Crippen LogP contribution in [-0.4, -0.2) is 124 Å². The van der Waals surface area contributed by atoms with Crippen LogP contribution in [0.2, 0.25) is 0 Å². The zero-order chi connectivity index (χ0) is 17.6. The number of fused-ring (bicyclic) bond motifs is 1. The number of nitrogens with zero attached hydrogens (tertiary/aromatic N) is 3. The number of ether oxygens (including phenoxy) is 1. The minimum atomic E-state index is -4.94. The zero-order valence-corrected chi connectivity index (χ0v) is 18.8. The van der Waals surface area contributed by atoms with Gasteiger partial charge < -0.3 is 30.5 Å². The molecular formula is C10H14N5Na2O8P. The molecular weight excluding hydrogens is 395 g/mol. The van der Waals surface area contributed by atoms with Crippen LogP contribution in [0.15, 0.2) is 11.1 Å². The third-order valence-corrected chi connectivity index (χ3v) is 3.99. The Morgan fingerprint density at radius 1 is 1.42 bits per heavy atom. The van der Waals surface area contributed by atoms with Gasteiger partial charge in [-0.15, -0.1) is 0 Å². The molecule has 1 fully saturated rings. The quantitative estimate of drug-likeness (QED) is 0.217. The Kier molecular flexibility index (Phi) is 8.46. The second kappa shape index (κ2) is 9.09. The van der Waals surface area contributed by atoms with Gasteiger partial charge in [-0.1, -0.05) is 0 Å². The van der Waals surface area contributed by atoms with E-state index in [4.69, 9.17) is 20.3 Å². The van der Waals surface area contributed by atoms with Crippen LogP contribution in [0.3, 0.4) is 0 Å². The first-order chi connectivity index (χ1) is 11.2. The Balaban J connectivity index is 0.00000169. The Morgan fingerprint density at radius 3 is 2.65 bits per heavy atom. The fourth-order valence-corrected chi connectivity index (χ4v) is 3.09. The van der Waals surface area contributed by atoms with Crippen molar-refractivity contribution in [3.05, 3.63) is 16.7 Å². The molecule has 1 aliphatic heterocycles. The van der Waals surface area contributed by atoms with Gasteiger partial charge in [0.15, 0.2) is 17.4 Å². The fraction of sp³-hybridized carbons (Fsp3) is 0.500. The second-order valence-electron chi connectivity index (χ2n) is 5.07. The van der Waals surface area contributed by atoms with Crippen molar-refractivity contribution in [3.8, 4) is 0 Å². The predicted molar refractivity (Wildman–Crippen MR) is 88.0 cm³/mol. The molecule has 0 aliphatic carbocycles. The maximum Gasteiger partial charge on any atom is 0.470 e. The molecule has 0 saturated carbocycles. The molecule has 0 aromatic carbocycles. The number of phosphoric ester groups is 1. The predicted octanol–water partition coefficient (Wildman–Crippen LogP) is -3.33. The normalized spacial score (nSPS) is 25.7. The van der Waals surface area contributed by atoms with E-state index in [2.05, 4.69) is 19.5 Å². The Bertz CT molecular complexity index is 871. The number of nitrogen functional groups attached to an aromatic ring is 1. The molecule has 26 heavy (non-hydrogen) atoms. The van der Waals surface area contributed by atoms with Crippen LogP contribution in [0.5, 0.6) is 0 Å². The topological polar surface area (TPSA) is 206 Å². The Labute approximate surface area is 189 Å². The summed E-state index contributed by atoms with van der Waals surface area (Å²) in [5.41, 5.74) is 4.79. The second-order valence-corrected chi connectivity index (χ2v) is 6.27. The van der Waals surface area contributed by atoms with Crippen LogP contribution in [0.25, 0.3) is 11.2 Å². The van der Waals surface area contributed by atoms with Gasteiger partial charge in [-0.25, -0.2) is 9.55 Å². The van der Waals surface area contributed by atoms with E-state index in [0.29, 0.717) is 0 Å². The summed E-state index contributed by atoms with van der Waals surface area (Å²) in [6.45, 7) is -0.666. The molecule has 3 rings (SSSR count). The SMILES string of the molecule is Nc1nc2c(ncn2[C@@H]2O[C@H](CO)[C@@H](OP(=O)(O)O)[C@H]2O)c(=O)[nH]1.[Na].[Na]. The van der Waals surface area contributed by atoms with Crippen LogP contribution >= 0.6 is 7.82 Å². The minimum absolute atomic E-state index is 0. The van der Waals surface area contributed by atoms with Gasteiger partial charge in [0.25, 0.3) is 5.56 Å². The molecule has 2 radical (unpaired) electrons. The monoisotopic (exact) mass is 409 g/mol. The summed E-state index contributed by atoms with van der Waals surface area (Å²) < 4.78 is 22.0. The number of aliphatic hydroxyl groups is 2. The van der Waals surface area contributed by atoms with Crippen molar-refractivity contribution in [1.82, 2.24) is 19.5 Å². The summed E-state index contributed by atoms with van der Waals surface area (Å²) in [5, 5.41) is 19.6. The smallest absolute Gasteiger partial charge is 0.394 e. The number of hydrogen-bond donors (Lipinski definition) is 6. The molecule has 0 amide bonds. The first-order valence-electron chi connectivity index (χ1n) is 6.62. The van der Waals surface area contributed by atoms with Gasteiger partial charge in [-0.2, -0.15) is 4.98 Å². The number of anilines is 1. The van der Waals surface area contributed by atoms with Crippen molar-refractivity contribution in [2.24, 2.45) is 0 Å². The molecule has 16 heteroatoms. The number of rotatable bonds is 4. The number of nitrogens with two attached hydrogens (primary N) is 1. The van der Waals surface area contributed by atoms with E-state index in [1.54, 1.807) is 0 Å². The number of imidazole rings is 1. The number of H-pyrrole nitrogens is 1. The van der Waals surface area contributed by atoms with Gasteiger partial charge in [0, 0.05) is 59.1 Å². The summed E-state index contributed by atoms with van der Waals surface area (Å²) in [4.78, 5) is 39.6. The van der Waals surface area contributed by atoms with Gasteiger partial charge in [0.05, 0.1) is 12.9 Å². The van der Waals surface area contributed by atoms with Gasteiger partial charge in [-0.3, -0.25) is 18.9 Å². The summed E-state index contributed by atoms with van der Waals surface area (Å²) in [7, 11) is -4.94. The van der Waals surface area contributed by atoms with E-state index >= 15 is 0 Å². The minimum Gasteiger partial charge on any atom is -0.394 e. The average molecular weight is 409 g/mol. The van der Waals surface area contributed by atoms with Crippen LogP contribution in [-0.2, 0) is 13.8 Å². The number of aromatic amines is 1. The Morgan fingerprint density at radius 2 is 2.08 bits per heavy atom.